The van der Waals surface area contributed by atoms with Gasteiger partial charge in [-0.15, -0.1) is 0 Å². The molecule has 3 heteroatoms. The Bertz CT molecular complexity index is 567. The van der Waals surface area contributed by atoms with E-state index in [0.717, 1.165) is 29.4 Å². The molecule has 0 aromatic heterocycles. The molecule has 0 heterocycles. The first-order chi connectivity index (χ1) is 9.72. The summed E-state index contributed by atoms with van der Waals surface area (Å²) in [5, 5.41) is 3.14. The van der Waals surface area contributed by atoms with Gasteiger partial charge in [0.15, 0.2) is 0 Å². The van der Waals surface area contributed by atoms with Gasteiger partial charge in [0.1, 0.15) is 17.2 Å². The predicted molar refractivity (Wildman–Crippen MR) is 81.6 cm³/mol. The van der Waals surface area contributed by atoms with Gasteiger partial charge in [-0.2, -0.15) is 0 Å². The number of benzene rings is 2. The summed E-state index contributed by atoms with van der Waals surface area (Å²) in [6.07, 6.45) is 0. The van der Waals surface area contributed by atoms with Gasteiger partial charge in [0.05, 0.1) is 6.61 Å². The molecule has 2 aromatic rings. The van der Waals surface area contributed by atoms with Crippen LogP contribution in [0.5, 0.6) is 17.2 Å². The van der Waals surface area contributed by atoms with E-state index in [1.165, 1.54) is 5.56 Å². The lowest BCUT2D eigenvalue weighted by atomic mass is 10.1. The summed E-state index contributed by atoms with van der Waals surface area (Å²) in [7, 11) is 1.94. The SMILES string of the molecule is CCOc1cccc(Oc2cc(CNC)ccc2C)c1. The molecule has 0 bridgehead atoms. The van der Waals surface area contributed by atoms with Gasteiger partial charge < -0.3 is 14.8 Å². The zero-order valence-electron chi connectivity index (χ0n) is 12.3. The summed E-state index contributed by atoms with van der Waals surface area (Å²) >= 11 is 0. The number of hydrogen-bond acceptors (Lipinski definition) is 3. The maximum absolute atomic E-state index is 5.98. The summed E-state index contributed by atoms with van der Waals surface area (Å²) in [6.45, 7) is 5.50. The van der Waals surface area contributed by atoms with E-state index in [2.05, 4.69) is 23.5 Å². The number of nitrogens with one attached hydrogen (secondary N) is 1. The van der Waals surface area contributed by atoms with Crippen LogP contribution in [0.15, 0.2) is 42.5 Å². The summed E-state index contributed by atoms with van der Waals surface area (Å²) in [5.74, 6) is 2.50. The van der Waals surface area contributed by atoms with Gasteiger partial charge in [-0.25, -0.2) is 0 Å². The first kappa shape index (κ1) is 14.4. The van der Waals surface area contributed by atoms with Crippen molar-refractivity contribution in [3.8, 4) is 17.2 Å². The minimum Gasteiger partial charge on any atom is -0.494 e. The lowest BCUT2D eigenvalue weighted by molar-refractivity contribution is 0.338. The average Bonchev–Trinajstić information content (AvgIpc) is 2.44. The van der Waals surface area contributed by atoms with Gasteiger partial charge >= 0.3 is 0 Å². The van der Waals surface area contributed by atoms with Crippen LogP contribution in [0, 0.1) is 6.92 Å². The largest absolute Gasteiger partial charge is 0.494 e. The summed E-state index contributed by atoms with van der Waals surface area (Å²) in [4.78, 5) is 0. The molecule has 0 fully saturated rings. The summed E-state index contributed by atoms with van der Waals surface area (Å²) in [5.41, 5.74) is 2.32. The topological polar surface area (TPSA) is 30.5 Å². The van der Waals surface area contributed by atoms with Crippen LogP contribution in [0.4, 0.5) is 0 Å². The second-order valence-corrected chi connectivity index (χ2v) is 4.64. The maximum Gasteiger partial charge on any atom is 0.131 e. The van der Waals surface area contributed by atoms with Gasteiger partial charge in [0.2, 0.25) is 0 Å². The molecule has 0 aliphatic carbocycles. The van der Waals surface area contributed by atoms with Crippen LogP contribution >= 0.6 is 0 Å². The Balaban J connectivity index is 2.20. The fraction of sp³-hybridized carbons (Fsp3) is 0.294. The second kappa shape index (κ2) is 6.96. The van der Waals surface area contributed by atoms with Crippen molar-refractivity contribution in [3.05, 3.63) is 53.6 Å². The van der Waals surface area contributed by atoms with Crippen molar-refractivity contribution in [1.82, 2.24) is 5.32 Å². The Morgan fingerprint density at radius 3 is 2.60 bits per heavy atom. The highest BCUT2D eigenvalue weighted by Gasteiger charge is 2.04. The highest BCUT2D eigenvalue weighted by atomic mass is 16.5. The first-order valence-corrected chi connectivity index (χ1v) is 6.87. The molecular formula is C17H21NO2. The molecule has 0 aliphatic heterocycles. The molecule has 0 atom stereocenters. The van der Waals surface area contributed by atoms with E-state index in [9.17, 15) is 0 Å². The average molecular weight is 271 g/mol. The maximum atomic E-state index is 5.98. The highest BCUT2D eigenvalue weighted by Crippen LogP contribution is 2.28. The Hall–Kier alpha value is -2.00. The van der Waals surface area contributed by atoms with E-state index in [4.69, 9.17) is 9.47 Å². The first-order valence-electron chi connectivity index (χ1n) is 6.87. The van der Waals surface area contributed by atoms with Crippen LogP contribution in [0.2, 0.25) is 0 Å². The number of aryl methyl sites for hydroxylation is 1. The van der Waals surface area contributed by atoms with E-state index in [-0.39, 0.29) is 0 Å². The normalized spacial score (nSPS) is 10.3. The van der Waals surface area contributed by atoms with E-state index >= 15 is 0 Å². The van der Waals surface area contributed by atoms with Gasteiger partial charge in [0.25, 0.3) is 0 Å². The molecule has 0 radical (unpaired) electrons. The summed E-state index contributed by atoms with van der Waals surface area (Å²) in [6, 6.07) is 14.0. The molecule has 0 amide bonds. The van der Waals surface area contributed by atoms with Crippen LogP contribution in [0.25, 0.3) is 0 Å². The Morgan fingerprint density at radius 1 is 1.05 bits per heavy atom. The lowest BCUT2D eigenvalue weighted by Gasteiger charge is -2.12. The van der Waals surface area contributed by atoms with Crippen LogP contribution in [0.1, 0.15) is 18.1 Å². The third-order valence-electron chi connectivity index (χ3n) is 2.98. The quantitative estimate of drug-likeness (QED) is 0.864. The molecular weight excluding hydrogens is 250 g/mol. The molecule has 3 nitrogen and oxygen atoms in total. The third-order valence-corrected chi connectivity index (χ3v) is 2.98. The van der Waals surface area contributed by atoms with Gasteiger partial charge in [0, 0.05) is 12.6 Å². The molecule has 0 spiro atoms. The van der Waals surface area contributed by atoms with Crippen molar-refractivity contribution in [2.24, 2.45) is 0 Å². The molecule has 0 saturated heterocycles. The molecule has 0 saturated carbocycles. The van der Waals surface area contributed by atoms with E-state index in [1.807, 2.05) is 45.2 Å². The predicted octanol–water partition coefficient (Wildman–Crippen LogP) is 3.91. The second-order valence-electron chi connectivity index (χ2n) is 4.64. The fourth-order valence-electron chi connectivity index (χ4n) is 1.99. The van der Waals surface area contributed by atoms with Crippen LogP contribution in [-0.2, 0) is 6.54 Å². The standard InChI is InChI=1S/C17H21NO2/c1-4-19-15-6-5-7-16(11-15)20-17-10-14(12-18-3)9-8-13(17)2/h5-11,18H,4,12H2,1-3H3. The minimum absolute atomic E-state index is 0.653. The van der Waals surface area contributed by atoms with Crippen molar-refractivity contribution >= 4 is 0 Å². The van der Waals surface area contributed by atoms with Crippen LogP contribution in [-0.4, -0.2) is 13.7 Å². The van der Waals surface area contributed by atoms with Gasteiger partial charge in [-0.05, 0) is 50.2 Å². The van der Waals surface area contributed by atoms with E-state index in [0.29, 0.717) is 6.61 Å². The molecule has 1 N–H and O–H groups in total. The molecule has 0 unspecified atom stereocenters. The highest BCUT2D eigenvalue weighted by molar-refractivity contribution is 5.42. The Morgan fingerprint density at radius 2 is 1.85 bits per heavy atom. The van der Waals surface area contributed by atoms with Crippen molar-refractivity contribution in [2.75, 3.05) is 13.7 Å². The van der Waals surface area contributed by atoms with Crippen LogP contribution < -0.4 is 14.8 Å². The molecule has 106 valence electrons. The van der Waals surface area contributed by atoms with Crippen molar-refractivity contribution in [3.63, 3.8) is 0 Å². The number of hydrogen-bond donors (Lipinski definition) is 1. The molecule has 20 heavy (non-hydrogen) atoms. The Labute approximate surface area is 120 Å². The number of ether oxygens (including phenoxy) is 2. The fourth-order valence-corrected chi connectivity index (χ4v) is 1.99. The monoisotopic (exact) mass is 271 g/mol. The van der Waals surface area contributed by atoms with Crippen molar-refractivity contribution in [1.29, 1.82) is 0 Å². The van der Waals surface area contributed by atoms with Gasteiger partial charge in [-0.1, -0.05) is 18.2 Å². The molecule has 0 aliphatic rings. The van der Waals surface area contributed by atoms with Crippen LogP contribution in [0.3, 0.4) is 0 Å². The molecule has 2 rings (SSSR count). The lowest BCUT2D eigenvalue weighted by Crippen LogP contribution is -2.05. The Kier molecular flexibility index (Phi) is 5.02. The smallest absolute Gasteiger partial charge is 0.131 e. The minimum atomic E-state index is 0.653. The zero-order chi connectivity index (χ0) is 14.4. The number of rotatable bonds is 6. The van der Waals surface area contributed by atoms with E-state index < -0.39 is 0 Å². The van der Waals surface area contributed by atoms with Crippen molar-refractivity contribution in [2.45, 2.75) is 20.4 Å². The van der Waals surface area contributed by atoms with Gasteiger partial charge in [-0.3, -0.25) is 0 Å². The molecule has 2 aromatic carbocycles. The third kappa shape index (κ3) is 3.75. The summed E-state index contributed by atoms with van der Waals surface area (Å²) < 4.78 is 11.5. The van der Waals surface area contributed by atoms with E-state index in [1.54, 1.807) is 0 Å². The van der Waals surface area contributed by atoms with Crippen molar-refractivity contribution < 1.29 is 9.47 Å². The zero-order valence-corrected chi connectivity index (χ0v) is 12.3.